The fourth-order valence-corrected chi connectivity index (χ4v) is 3.92. The zero-order chi connectivity index (χ0) is 12.7. The molecule has 2 aromatic rings. The van der Waals surface area contributed by atoms with Crippen LogP contribution in [0.2, 0.25) is 0 Å². The second-order valence-corrected chi connectivity index (χ2v) is 7.77. The quantitative estimate of drug-likeness (QED) is 0.906. The van der Waals surface area contributed by atoms with Crippen molar-refractivity contribution in [3.8, 4) is 10.6 Å². The third-order valence-corrected chi connectivity index (χ3v) is 5.41. The summed E-state index contributed by atoms with van der Waals surface area (Å²) in [5.74, 6) is 0.821. The van der Waals surface area contributed by atoms with Gasteiger partial charge in [-0.2, -0.15) is 0 Å². The lowest BCUT2D eigenvalue weighted by molar-refractivity contribution is -0.117. The number of nitrogens with zero attached hydrogens (tertiary/aromatic N) is 1. The van der Waals surface area contributed by atoms with E-state index in [2.05, 4.69) is 33.2 Å². The van der Waals surface area contributed by atoms with Gasteiger partial charge in [0, 0.05) is 11.3 Å². The van der Waals surface area contributed by atoms with E-state index in [1.165, 1.54) is 11.3 Å². The second kappa shape index (κ2) is 4.75. The number of thiophene rings is 1. The molecule has 2 atom stereocenters. The van der Waals surface area contributed by atoms with Crippen molar-refractivity contribution in [1.29, 1.82) is 0 Å². The van der Waals surface area contributed by atoms with E-state index in [-0.39, 0.29) is 11.8 Å². The van der Waals surface area contributed by atoms with E-state index in [1.807, 2.05) is 17.5 Å². The highest BCUT2D eigenvalue weighted by Crippen LogP contribution is 2.39. The van der Waals surface area contributed by atoms with Gasteiger partial charge in [-0.15, -0.1) is 22.7 Å². The molecular formula is C12H11BrN2OS2. The number of hydrogen-bond donors (Lipinski definition) is 1. The number of nitrogens with one attached hydrogen (secondary N) is 1. The van der Waals surface area contributed by atoms with Crippen LogP contribution in [-0.2, 0) is 4.79 Å². The second-order valence-electron chi connectivity index (χ2n) is 4.45. The first-order valence-corrected chi connectivity index (χ1v) is 8.14. The highest BCUT2D eigenvalue weighted by atomic mass is 79.9. The van der Waals surface area contributed by atoms with Crippen molar-refractivity contribution < 1.29 is 4.79 Å². The van der Waals surface area contributed by atoms with Crippen LogP contribution in [0.3, 0.4) is 0 Å². The smallest absolute Gasteiger partial charge is 0.229 e. The van der Waals surface area contributed by atoms with Crippen molar-refractivity contribution in [3.63, 3.8) is 0 Å². The van der Waals surface area contributed by atoms with Gasteiger partial charge in [0.25, 0.3) is 0 Å². The first-order chi connectivity index (χ1) is 8.63. The number of halogens is 1. The summed E-state index contributed by atoms with van der Waals surface area (Å²) in [7, 11) is 0. The Hall–Kier alpha value is -0.720. The third-order valence-electron chi connectivity index (χ3n) is 3.01. The lowest BCUT2D eigenvalue weighted by Gasteiger charge is -1.98. The van der Waals surface area contributed by atoms with Crippen LogP contribution in [0.4, 0.5) is 5.13 Å². The maximum Gasteiger partial charge on any atom is 0.229 e. The van der Waals surface area contributed by atoms with E-state index < -0.39 is 0 Å². The molecule has 3 nitrogen and oxygen atoms in total. The number of thiazole rings is 1. The van der Waals surface area contributed by atoms with Crippen LogP contribution < -0.4 is 5.32 Å². The lowest BCUT2D eigenvalue weighted by Crippen LogP contribution is -2.14. The molecule has 1 aliphatic rings. The van der Waals surface area contributed by atoms with Crippen LogP contribution in [0.15, 0.2) is 21.3 Å². The van der Waals surface area contributed by atoms with Gasteiger partial charge in [-0.25, -0.2) is 4.98 Å². The van der Waals surface area contributed by atoms with E-state index in [0.717, 1.165) is 20.8 Å². The molecular weight excluding hydrogens is 332 g/mol. The van der Waals surface area contributed by atoms with Crippen molar-refractivity contribution in [1.82, 2.24) is 4.98 Å². The number of rotatable bonds is 3. The maximum absolute atomic E-state index is 11.8. The summed E-state index contributed by atoms with van der Waals surface area (Å²) in [5, 5.41) is 5.56. The highest BCUT2D eigenvalue weighted by Gasteiger charge is 2.39. The molecule has 2 heterocycles. The Labute approximate surface area is 121 Å². The van der Waals surface area contributed by atoms with Crippen molar-refractivity contribution in [2.75, 3.05) is 5.32 Å². The minimum absolute atomic E-state index is 0.107. The summed E-state index contributed by atoms with van der Waals surface area (Å²) in [6, 6.07) is 4.03. The molecule has 0 aliphatic heterocycles. The predicted octanol–water partition coefficient (Wildman–Crippen LogP) is 4.23. The molecule has 3 rings (SSSR count). The molecule has 0 bridgehead atoms. The van der Waals surface area contributed by atoms with E-state index >= 15 is 0 Å². The summed E-state index contributed by atoms with van der Waals surface area (Å²) in [6.45, 7) is 2.10. The van der Waals surface area contributed by atoms with Crippen LogP contribution in [0, 0.1) is 11.8 Å². The Kier molecular flexibility index (Phi) is 3.25. The Balaban J connectivity index is 1.71. The molecule has 0 spiro atoms. The van der Waals surface area contributed by atoms with Gasteiger partial charge in [0.1, 0.15) is 0 Å². The maximum atomic E-state index is 11.8. The van der Waals surface area contributed by atoms with E-state index in [1.54, 1.807) is 11.3 Å². The Bertz CT molecular complexity index is 592. The molecule has 1 N–H and O–H groups in total. The summed E-state index contributed by atoms with van der Waals surface area (Å²) >= 11 is 6.55. The average molecular weight is 343 g/mol. The summed E-state index contributed by atoms with van der Waals surface area (Å²) in [4.78, 5) is 17.3. The average Bonchev–Trinajstić information content (AvgIpc) is 2.77. The largest absolute Gasteiger partial charge is 0.302 e. The number of carbonyl (C=O) groups is 1. The molecule has 0 radical (unpaired) electrons. The predicted molar refractivity (Wildman–Crippen MR) is 79.0 cm³/mol. The van der Waals surface area contributed by atoms with Gasteiger partial charge in [-0.3, -0.25) is 4.79 Å². The van der Waals surface area contributed by atoms with E-state index in [4.69, 9.17) is 0 Å². The molecule has 1 fully saturated rings. The van der Waals surface area contributed by atoms with Gasteiger partial charge in [0.2, 0.25) is 5.91 Å². The van der Waals surface area contributed by atoms with Crippen LogP contribution in [0.5, 0.6) is 0 Å². The molecule has 0 aromatic carbocycles. The van der Waals surface area contributed by atoms with Crippen LogP contribution >= 0.6 is 38.6 Å². The first kappa shape index (κ1) is 12.3. The third kappa shape index (κ3) is 2.50. The van der Waals surface area contributed by atoms with Gasteiger partial charge in [-0.05, 0) is 40.4 Å². The van der Waals surface area contributed by atoms with Crippen molar-refractivity contribution in [2.45, 2.75) is 13.3 Å². The summed E-state index contributed by atoms with van der Waals surface area (Å²) < 4.78 is 1.09. The molecule has 18 heavy (non-hydrogen) atoms. The number of hydrogen-bond acceptors (Lipinski definition) is 4. The number of aromatic nitrogens is 1. The van der Waals surface area contributed by atoms with Crippen molar-refractivity contribution in [2.24, 2.45) is 11.8 Å². The SMILES string of the molecule is CC1CC1C(=O)Nc1nc(-c2ccc(Br)s2)cs1. The Morgan fingerprint density at radius 1 is 1.56 bits per heavy atom. The lowest BCUT2D eigenvalue weighted by atomic mass is 10.3. The summed E-state index contributed by atoms with van der Waals surface area (Å²) in [5.41, 5.74) is 0.926. The van der Waals surface area contributed by atoms with Crippen LogP contribution in [-0.4, -0.2) is 10.9 Å². The van der Waals surface area contributed by atoms with E-state index in [9.17, 15) is 4.79 Å². The normalized spacial score (nSPS) is 21.9. The van der Waals surface area contributed by atoms with Gasteiger partial charge in [0.15, 0.2) is 5.13 Å². The Morgan fingerprint density at radius 3 is 2.94 bits per heavy atom. The molecule has 6 heteroatoms. The van der Waals surface area contributed by atoms with E-state index in [0.29, 0.717) is 11.0 Å². The highest BCUT2D eigenvalue weighted by molar-refractivity contribution is 9.11. The zero-order valence-corrected chi connectivity index (χ0v) is 12.9. The minimum Gasteiger partial charge on any atom is -0.302 e. The van der Waals surface area contributed by atoms with Crippen LogP contribution in [0.25, 0.3) is 10.6 Å². The van der Waals surface area contributed by atoms with Gasteiger partial charge in [-0.1, -0.05) is 6.92 Å². The Morgan fingerprint density at radius 2 is 2.33 bits per heavy atom. The van der Waals surface area contributed by atoms with Crippen molar-refractivity contribution in [3.05, 3.63) is 21.3 Å². The number of amides is 1. The topological polar surface area (TPSA) is 42.0 Å². The van der Waals surface area contributed by atoms with Gasteiger partial charge < -0.3 is 5.32 Å². The standard InChI is InChI=1S/C12H11BrN2OS2/c1-6-4-7(6)11(16)15-12-14-8(5-17-12)9-2-3-10(13)18-9/h2-3,5-7H,4H2,1H3,(H,14,15,16). The van der Waals surface area contributed by atoms with Gasteiger partial charge >= 0.3 is 0 Å². The monoisotopic (exact) mass is 342 g/mol. The molecule has 1 aliphatic carbocycles. The molecule has 94 valence electrons. The zero-order valence-electron chi connectivity index (χ0n) is 9.64. The van der Waals surface area contributed by atoms with Gasteiger partial charge in [0.05, 0.1) is 14.4 Å². The minimum atomic E-state index is 0.107. The fraction of sp³-hybridized carbons (Fsp3) is 0.333. The summed E-state index contributed by atoms with van der Waals surface area (Å²) in [6.07, 6.45) is 1.00. The molecule has 1 amide bonds. The number of carbonyl (C=O) groups excluding carboxylic acids is 1. The molecule has 1 saturated carbocycles. The fourth-order valence-electron chi connectivity index (χ4n) is 1.78. The first-order valence-electron chi connectivity index (χ1n) is 5.65. The molecule has 2 unspecified atom stereocenters. The molecule has 2 aromatic heterocycles. The molecule has 0 saturated heterocycles. The van der Waals surface area contributed by atoms with Crippen molar-refractivity contribution >= 4 is 49.6 Å². The van der Waals surface area contributed by atoms with Crippen LogP contribution in [0.1, 0.15) is 13.3 Å². The number of anilines is 1.